The summed E-state index contributed by atoms with van der Waals surface area (Å²) in [5.74, 6) is 1.86. The third-order valence-corrected chi connectivity index (χ3v) is 2.92. The van der Waals surface area contributed by atoms with Crippen molar-refractivity contribution in [3.05, 3.63) is 29.8 Å². The van der Waals surface area contributed by atoms with Crippen molar-refractivity contribution >= 4 is 5.96 Å². The molecule has 118 valence electrons. The lowest BCUT2D eigenvalue weighted by Gasteiger charge is -2.11. The summed E-state index contributed by atoms with van der Waals surface area (Å²) in [6.45, 7) is 9.71. The Morgan fingerprint density at radius 3 is 2.71 bits per heavy atom. The Morgan fingerprint density at radius 2 is 2.00 bits per heavy atom. The van der Waals surface area contributed by atoms with Crippen LogP contribution in [0.1, 0.15) is 39.2 Å². The molecule has 0 aromatic heterocycles. The van der Waals surface area contributed by atoms with Gasteiger partial charge in [0, 0.05) is 19.6 Å². The van der Waals surface area contributed by atoms with Gasteiger partial charge in [-0.15, -0.1) is 0 Å². The molecule has 1 aromatic carbocycles. The van der Waals surface area contributed by atoms with Gasteiger partial charge in [0.25, 0.3) is 0 Å². The first-order valence-corrected chi connectivity index (χ1v) is 8.04. The average molecular weight is 291 g/mol. The minimum Gasteiger partial charge on any atom is -0.494 e. The summed E-state index contributed by atoms with van der Waals surface area (Å²) >= 11 is 0. The number of guanidine groups is 1. The predicted molar refractivity (Wildman–Crippen MR) is 90.2 cm³/mol. The van der Waals surface area contributed by atoms with Crippen LogP contribution in [0, 0.1) is 0 Å². The van der Waals surface area contributed by atoms with Crippen molar-refractivity contribution in [2.24, 2.45) is 4.99 Å². The SMILES string of the molecule is CCCN=C(NCC)NCCc1cccc(OCCC)c1. The van der Waals surface area contributed by atoms with E-state index < -0.39 is 0 Å². The Kier molecular flexibility index (Phi) is 9.09. The molecule has 1 rings (SSSR count). The van der Waals surface area contributed by atoms with Crippen LogP contribution in [0.15, 0.2) is 29.3 Å². The van der Waals surface area contributed by atoms with Gasteiger partial charge >= 0.3 is 0 Å². The van der Waals surface area contributed by atoms with Gasteiger partial charge < -0.3 is 15.4 Å². The van der Waals surface area contributed by atoms with Crippen LogP contribution in [0.25, 0.3) is 0 Å². The summed E-state index contributed by atoms with van der Waals surface area (Å²) in [5.41, 5.74) is 1.28. The smallest absolute Gasteiger partial charge is 0.191 e. The Balaban J connectivity index is 2.43. The maximum Gasteiger partial charge on any atom is 0.191 e. The molecule has 0 heterocycles. The van der Waals surface area contributed by atoms with Crippen molar-refractivity contribution in [1.82, 2.24) is 10.6 Å². The molecule has 1 aromatic rings. The fraction of sp³-hybridized carbons (Fsp3) is 0.588. The van der Waals surface area contributed by atoms with Crippen molar-refractivity contribution in [3.8, 4) is 5.75 Å². The largest absolute Gasteiger partial charge is 0.494 e. The molecule has 0 spiro atoms. The van der Waals surface area contributed by atoms with E-state index in [1.165, 1.54) is 5.56 Å². The average Bonchev–Trinajstić information content (AvgIpc) is 2.51. The van der Waals surface area contributed by atoms with E-state index in [0.717, 1.165) is 57.2 Å². The molecule has 4 nitrogen and oxygen atoms in total. The molecule has 0 fully saturated rings. The summed E-state index contributed by atoms with van der Waals surface area (Å²) in [4.78, 5) is 4.49. The Hall–Kier alpha value is -1.71. The van der Waals surface area contributed by atoms with E-state index in [9.17, 15) is 0 Å². The van der Waals surface area contributed by atoms with Crippen LogP contribution in [0.4, 0.5) is 0 Å². The maximum atomic E-state index is 5.66. The standard InChI is InChI=1S/C17H29N3O/c1-4-11-19-17(18-6-3)20-12-10-15-8-7-9-16(14-15)21-13-5-2/h7-9,14H,4-6,10-13H2,1-3H3,(H2,18,19,20). The van der Waals surface area contributed by atoms with Crippen molar-refractivity contribution in [2.75, 3.05) is 26.2 Å². The highest BCUT2D eigenvalue weighted by Gasteiger charge is 1.99. The summed E-state index contributed by atoms with van der Waals surface area (Å²) in [7, 11) is 0. The quantitative estimate of drug-likeness (QED) is 0.543. The number of hydrogen-bond donors (Lipinski definition) is 2. The van der Waals surface area contributed by atoms with Crippen LogP contribution in [-0.2, 0) is 6.42 Å². The normalized spacial score (nSPS) is 11.3. The molecule has 0 unspecified atom stereocenters. The zero-order valence-corrected chi connectivity index (χ0v) is 13.6. The summed E-state index contributed by atoms with van der Waals surface area (Å²) < 4.78 is 5.66. The van der Waals surface area contributed by atoms with Crippen LogP contribution in [0.2, 0.25) is 0 Å². The van der Waals surface area contributed by atoms with E-state index in [0.29, 0.717) is 0 Å². The van der Waals surface area contributed by atoms with Crippen LogP contribution in [0.3, 0.4) is 0 Å². The number of benzene rings is 1. The van der Waals surface area contributed by atoms with Crippen LogP contribution < -0.4 is 15.4 Å². The third-order valence-electron chi connectivity index (χ3n) is 2.92. The molecule has 0 saturated carbocycles. The van der Waals surface area contributed by atoms with Crippen molar-refractivity contribution in [3.63, 3.8) is 0 Å². The highest BCUT2D eigenvalue weighted by atomic mass is 16.5. The highest BCUT2D eigenvalue weighted by Crippen LogP contribution is 2.13. The van der Waals surface area contributed by atoms with E-state index in [4.69, 9.17) is 4.74 Å². The molecule has 0 radical (unpaired) electrons. The second-order valence-electron chi connectivity index (χ2n) is 4.93. The Labute approximate surface area is 129 Å². The van der Waals surface area contributed by atoms with E-state index >= 15 is 0 Å². The lowest BCUT2D eigenvalue weighted by molar-refractivity contribution is 0.317. The molecule has 0 saturated heterocycles. The summed E-state index contributed by atoms with van der Waals surface area (Å²) in [6.07, 6.45) is 3.05. The molecular formula is C17H29N3O. The fourth-order valence-electron chi connectivity index (χ4n) is 1.90. The highest BCUT2D eigenvalue weighted by molar-refractivity contribution is 5.79. The number of nitrogens with one attached hydrogen (secondary N) is 2. The molecule has 0 aliphatic heterocycles. The van der Waals surface area contributed by atoms with Gasteiger partial charge in [-0.3, -0.25) is 4.99 Å². The molecule has 0 atom stereocenters. The lowest BCUT2D eigenvalue weighted by atomic mass is 10.1. The first kappa shape index (κ1) is 17.3. The Bertz CT molecular complexity index is 418. The van der Waals surface area contributed by atoms with Gasteiger partial charge in [-0.1, -0.05) is 26.0 Å². The monoisotopic (exact) mass is 291 g/mol. The molecule has 4 heteroatoms. The zero-order chi connectivity index (χ0) is 15.3. The van der Waals surface area contributed by atoms with Gasteiger partial charge in [0.1, 0.15) is 5.75 Å². The molecule has 21 heavy (non-hydrogen) atoms. The van der Waals surface area contributed by atoms with Gasteiger partial charge in [0.15, 0.2) is 5.96 Å². The van der Waals surface area contributed by atoms with Gasteiger partial charge in [0.2, 0.25) is 0 Å². The summed E-state index contributed by atoms with van der Waals surface area (Å²) in [5, 5.41) is 6.62. The van der Waals surface area contributed by atoms with E-state index in [1.807, 2.05) is 6.07 Å². The second-order valence-corrected chi connectivity index (χ2v) is 4.93. The number of rotatable bonds is 9. The zero-order valence-electron chi connectivity index (χ0n) is 13.6. The molecule has 0 bridgehead atoms. The number of ether oxygens (including phenoxy) is 1. The number of nitrogens with zero attached hydrogens (tertiary/aromatic N) is 1. The third kappa shape index (κ3) is 7.59. The molecule has 2 N–H and O–H groups in total. The molecule has 0 amide bonds. The number of hydrogen-bond acceptors (Lipinski definition) is 2. The Morgan fingerprint density at radius 1 is 1.14 bits per heavy atom. The first-order chi connectivity index (χ1) is 10.3. The molecule has 0 aliphatic rings. The van der Waals surface area contributed by atoms with E-state index in [-0.39, 0.29) is 0 Å². The van der Waals surface area contributed by atoms with Gasteiger partial charge in [-0.05, 0) is 43.9 Å². The summed E-state index contributed by atoms with van der Waals surface area (Å²) in [6, 6.07) is 8.32. The van der Waals surface area contributed by atoms with Crippen LogP contribution in [-0.4, -0.2) is 32.2 Å². The number of aliphatic imine (C=N–C) groups is 1. The predicted octanol–water partition coefficient (Wildman–Crippen LogP) is 2.98. The van der Waals surface area contributed by atoms with Gasteiger partial charge in [-0.25, -0.2) is 0 Å². The van der Waals surface area contributed by atoms with Crippen LogP contribution in [0.5, 0.6) is 5.75 Å². The van der Waals surface area contributed by atoms with Crippen molar-refractivity contribution in [2.45, 2.75) is 40.0 Å². The molecular weight excluding hydrogens is 262 g/mol. The first-order valence-electron chi connectivity index (χ1n) is 8.04. The van der Waals surface area contributed by atoms with Crippen molar-refractivity contribution in [1.29, 1.82) is 0 Å². The maximum absolute atomic E-state index is 5.66. The second kappa shape index (κ2) is 11.0. The lowest BCUT2D eigenvalue weighted by Crippen LogP contribution is -2.38. The van der Waals surface area contributed by atoms with Gasteiger partial charge in [-0.2, -0.15) is 0 Å². The fourth-order valence-corrected chi connectivity index (χ4v) is 1.90. The van der Waals surface area contributed by atoms with E-state index in [2.05, 4.69) is 54.6 Å². The van der Waals surface area contributed by atoms with Gasteiger partial charge in [0.05, 0.1) is 6.61 Å². The van der Waals surface area contributed by atoms with E-state index in [1.54, 1.807) is 0 Å². The minimum absolute atomic E-state index is 0.774. The molecule has 0 aliphatic carbocycles. The van der Waals surface area contributed by atoms with Crippen LogP contribution >= 0.6 is 0 Å². The minimum atomic E-state index is 0.774. The topological polar surface area (TPSA) is 45.7 Å². The van der Waals surface area contributed by atoms with Crippen molar-refractivity contribution < 1.29 is 4.74 Å².